The van der Waals surface area contributed by atoms with Crippen LogP contribution in [0.4, 0.5) is 10.9 Å². The topological polar surface area (TPSA) is 71.0 Å². The summed E-state index contributed by atoms with van der Waals surface area (Å²) in [5.74, 6) is 1.68. The molecule has 0 atom stereocenters. The van der Waals surface area contributed by atoms with E-state index in [0.717, 1.165) is 22.3 Å². The van der Waals surface area contributed by atoms with E-state index in [-0.39, 0.29) is 11.8 Å². The van der Waals surface area contributed by atoms with Crippen LogP contribution in [-0.4, -0.2) is 38.8 Å². The molecule has 22 heavy (non-hydrogen) atoms. The van der Waals surface area contributed by atoms with Crippen molar-refractivity contribution in [1.82, 2.24) is 19.9 Å². The maximum absolute atomic E-state index is 11.5. The van der Waals surface area contributed by atoms with Gasteiger partial charge in [0, 0.05) is 30.5 Å². The number of amides is 1. The number of carbonyl (C=O) groups is 1. The summed E-state index contributed by atoms with van der Waals surface area (Å²) in [6.45, 7) is 8.69. The van der Waals surface area contributed by atoms with Gasteiger partial charge in [-0.05, 0) is 19.9 Å². The standard InChI is InChI=1S/C15H17N5OS/c1-4-14(21)20-6-11(7-20)12-5-13(18-10(3)17-12)19-15-16-9(2)8-22-15/h4-5,8,11H,1,6-7H2,2-3H3,(H,16,17,18,19). The zero-order chi connectivity index (χ0) is 15.7. The summed E-state index contributed by atoms with van der Waals surface area (Å²) in [6, 6.07) is 1.93. The molecule has 0 saturated carbocycles. The second-order valence-electron chi connectivity index (χ2n) is 5.29. The number of thiazole rings is 1. The van der Waals surface area contributed by atoms with Crippen LogP contribution >= 0.6 is 11.3 Å². The third-order valence-electron chi connectivity index (χ3n) is 3.50. The van der Waals surface area contributed by atoms with Crippen LogP contribution in [0.2, 0.25) is 0 Å². The first kappa shape index (κ1) is 14.6. The van der Waals surface area contributed by atoms with Crippen molar-refractivity contribution in [1.29, 1.82) is 0 Å². The molecule has 1 saturated heterocycles. The molecule has 6 nitrogen and oxygen atoms in total. The zero-order valence-electron chi connectivity index (χ0n) is 12.5. The minimum absolute atomic E-state index is 0.0290. The highest BCUT2D eigenvalue weighted by molar-refractivity contribution is 7.13. The predicted octanol–water partition coefficient (Wildman–Crippen LogP) is 2.41. The number of anilines is 2. The van der Waals surface area contributed by atoms with Gasteiger partial charge >= 0.3 is 0 Å². The largest absolute Gasteiger partial charge is 0.338 e. The molecule has 0 radical (unpaired) electrons. The molecule has 0 spiro atoms. The SMILES string of the molecule is C=CC(=O)N1CC(c2cc(Nc3nc(C)cs3)nc(C)n2)C1. The maximum atomic E-state index is 11.5. The van der Waals surface area contributed by atoms with Gasteiger partial charge in [0.1, 0.15) is 11.6 Å². The molecule has 1 fully saturated rings. The van der Waals surface area contributed by atoms with E-state index in [2.05, 4.69) is 26.8 Å². The van der Waals surface area contributed by atoms with Crippen LogP contribution < -0.4 is 5.32 Å². The molecule has 0 unspecified atom stereocenters. The quantitative estimate of drug-likeness (QED) is 0.877. The second-order valence-corrected chi connectivity index (χ2v) is 6.15. The number of aryl methyl sites for hydroxylation is 2. The van der Waals surface area contributed by atoms with Crippen LogP contribution in [0.15, 0.2) is 24.1 Å². The minimum Gasteiger partial charge on any atom is -0.338 e. The van der Waals surface area contributed by atoms with Crippen molar-refractivity contribution >= 4 is 28.2 Å². The Morgan fingerprint density at radius 2 is 2.18 bits per heavy atom. The van der Waals surface area contributed by atoms with Gasteiger partial charge in [0.05, 0.1) is 11.4 Å². The molecule has 1 aliphatic heterocycles. The number of hydrogen-bond donors (Lipinski definition) is 1. The van der Waals surface area contributed by atoms with E-state index < -0.39 is 0 Å². The molecule has 3 rings (SSSR count). The van der Waals surface area contributed by atoms with Crippen molar-refractivity contribution < 1.29 is 4.79 Å². The Morgan fingerprint density at radius 1 is 1.41 bits per heavy atom. The van der Waals surface area contributed by atoms with Crippen LogP contribution in [0.5, 0.6) is 0 Å². The van der Waals surface area contributed by atoms with Crippen LogP contribution in [0.1, 0.15) is 23.1 Å². The number of rotatable bonds is 4. The smallest absolute Gasteiger partial charge is 0.245 e. The minimum atomic E-state index is -0.0290. The first-order chi connectivity index (χ1) is 10.5. The highest BCUT2D eigenvalue weighted by Crippen LogP contribution is 2.28. The molecular weight excluding hydrogens is 298 g/mol. The molecule has 2 aromatic heterocycles. The summed E-state index contributed by atoms with van der Waals surface area (Å²) >= 11 is 1.54. The van der Waals surface area contributed by atoms with Crippen molar-refractivity contribution in [3.63, 3.8) is 0 Å². The predicted molar refractivity (Wildman–Crippen MR) is 86.4 cm³/mol. The normalized spacial score (nSPS) is 14.5. The maximum Gasteiger partial charge on any atom is 0.245 e. The number of nitrogens with one attached hydrogen (secondary N) is 1. The van der Waals surface area contributed by atoms with Crippen molar-refractivity contribution in [3.8, 4) is 0 Å². The lowest BCUT2D eigenvalue weighted by atomic mass is 9.95. The van der Waals surface area contributed by atoms with E-state index in [0.29, 0.717) is 18.9 Å². The molecule has 1 N–H and O–H groups in total. The van der Waals surface area contributed by atoms with Crippen molar-refractivity contribution in [2.75, 3.05) is 18.4 Å². The van der Waals surface area contributed by atoms with Gasteiger partial charge in [-0.2, -0.15) is 0 Å². The summed E-state index contributed by atoms with van der Waals surface area (Å²) in [5.41, 5.74) is 1.94. The van der Waals surface area contributed by atoms with E-state index in [1.54, 1.807) is 16.2 Å². The van der Waals surface area contributed by atoms with E-state index >= 15 is 0 Å². The van der Waals surface area contributed by atoms with Crippen LogP contribution in [0, 0.1) is 13.8 Å². The highest BCUT2D eigenvalue weighted by Gasteiger charge is 2.31. The second kappa shape index (κ2) is 5.84. The summed E-state index contributed by atoms with van der Waals surface area (Å²) in [7, 11) is 0. The number of likely N-dealkylation sites (tertiary alicyclic amines) is 1. The Balaban J connectivity index is 1.73. The van der Waals surface area contributed by atoms with Crippen LogP contribution in [0.3, 0.4) is 0 Å². The summed E-state index contributed by atoms with van der Waals surface area (Å²) in [5, 5.41) is 6.02. The fourth-order valence-electron chi connectivity index (χ4n) is 2.36. The fourth-order valence-corrected chi connectivity index (χ4v) is 3.05. The lowest BCUT2D eigenvalue weighted by Crippen LogP contribution is -2.48. The molecule has 7 heteroatoms. The van der Waals surface area contributed by atoms with E-state index in [9.17, 15) is 4.79 Å². The number of hydrogen-bond acceptors (Lipinski definition) is 6. The molecule has 2 aromatic rings. The first-order valence-corrected chi connectivity index (χ1v) is 7.89. The van der Waals surface area contributed by atoms with Gasteiger partial charge < -0.3 is 10.2 Å². The average Bonchev–Trinajstić information content (AvgIpc) is 2.81. The van der Waals surface area contributed by atoms with Gasteiger partial charge in [0.15, 0.2) is 5.13 Å². The van der Waals surface area contributed by atoms with Crippen molar-refractivity contribution in [2.24, 2.45) is 0 Å². The fraction of sp³-hybridized carbons (Fsp3) is 0.333. The lowest BCUT2D eigenvalue weighted by Gasteiger charge is -2.38. The molecule has 114 valence electrons. The Hall–Kier alpha value is -2.28. The number of nitrogens with zero attached hydrogens (tertiary/aromatic N) is 4. The molecule has 0 aromatic carbocycles. The first-order valence-electron chi connectivity index (χ1n) is 7.01. The Bertz CT molecular complexity index is 720. The van der Waals surface area contributed by atoms with Gasteiger partial charge in [0.2, 0.25) is 5.91 Å². The lowest BCUT2D eigenvalue weighted by molar-refractivity contribution is -0.130. The number of aromatic nitrogens is 3. The Labute approximate surface area is 132 Å². The van der Waals surface area contributed by atoms with Crippen molar-refractivity contribution in [3.05, 3.63) is 41.3 Å². The third kappa shape index (κ3) is 2.99. The van der Waals surface area contributed by atoms with E-state index in [1.807, 2.05) is 25.3 Å². The van der Waals surface area contributed by atoms with Gasteiger partial charge in [-0.15, -0.1) is 11.3 Å². The van der Waals surface area contributed by atoms with Gasteiger partial charge in [-0.3, -0.25) is 4.79 Å². The van der Waals surface area contributed by atoms with Gasteiger partial charge in [-0.1, -0.05) is 6.58 Å². The molecule has 0 bridgehead atoms. The summed E-state index contributed by atoms with van der Waals surface area (Å²) in [6.07, 6.45) is 1.35. The van der Waals surface area contributed by atoms with E-state index in [1.165, 1.54) is 6.08 Å². The molecule has 0 aliphatic carbocycles. The molecular formula is C15H17N5OS. The monoisotopic (exact) mass is 315 g/mol. The summed E-state index contributed by atoms with van der Waals surface area (Å²) < 4.78 is 0. The molecule has 1 aliphatic rings. The zero-order valence-corrected chi connectivity index (χ0v) is 13.4. The molecule has 3 heterocycles. The van der Waals surface area contributed by atoms with Crippen LogP contribution in [0.25, 0.3) is 0 Å². The summed E-state index contributed by atoms with van der Waals surface area (Å²) in [4.78, 5) is 26.5. The highest BCUT2D eigenvalue weighted by atomic mass is 32.1. The number of carbonyl (C=O) groups excluding carboxylic acids is 1. The van der Waals surface area contributed by atoms with Gasteiger partial charge in [0.25, 0.3) is 0 Å². The van der Waals surface area contributed by atoms with Gasteiger partial charge in [-0.25, -0.2) is 15.0 Å². The molecule has 1 amide bonds. The van der Waals surface area contributed by atoms with Crippen LogP contribution in [-0.2, 0) is 4.79 Å². The Kier molecular flexibility index (Phi) is 3.89. The van der Waals surface area contributed by atoms with Crippen molar-refractivity contribution in [2.45, 2.75) is 19.8 Å². The Morgan fingerprint density at radius 3 is 2.82 bits per heavy atom. The van der Waals surface area contributed by atoms with E-state index in [4.69, 9.17) is 0 Å². The average molecular weight is 315 g/mol. The third-order valence-corrected chi connectivity index (χ3v) is 4.37.